The van der Waals surface area contributed by atoms with E-state index in [9.17, 15) is 9.59 Å². The predicted octanol–water partition coefficient (Wildman–Crippen LogP) is 3.40. The van der Waals surface area contributed by atoms with Gasteiger partial charge in [-0.1, -0.05) is 18.2 Å². The maximum atomic E-state index is 12.6. The summed E-state index contributed by atoms with van der Waals surface area (Å²) in [6.07, 6.45) is 1.89. The number of fused-ring (bicyclic) bond motifs is 1. The van der Waals surface area contributed by atoms with Gasteiger partial charge in [-0.3, -0.25) is 9.59 Å². The number of hydrogen-bond acceptors (Lipinski definition) is 3. The fourth-order valence-corrected chi connectivity index (χ4v) is 2.85. The zero-order chi connectivity index (χ0) is 18.1. The number of amides is 2. The van der Waals surface area contributed by atoms with E-state index in [2.05, 4.69) is 20.6 Å². The number of benzene rings is 2. The highest BCUT2D eigenvalue weighted by atomic mass is 16.2. The number of nitrogens with zero attached hydrogens (tertiary/aromatic N) is 1. The molecule has 0 aliphatic heterocycles. The van der Waals surface area contributed by atoms with Gasteiger partial charge in [-0.05, 0) is 50.1 Å². The van der Waals surface area contributed by atoms with Crippen molar-refractivity contribution < 1.29 is 9.59 Å². The van der Waals surface area contributed by atoms with Crippen LogP contribution in [0.25, 0.3) is 11.0 Å². The van der Waals surface area contributed by atoms with Gasteiger partial charge in [0, 0.05) is 17.2 Å². The Kier molecular flexibility index (Phi) is 4.16. The van der Waals surface area contributed by atoms with E-state index in [0.717, 1.165) is 23.9 Å². The summed E-state index contributed by atoms with van der Waals surface area (Å²) in [6, 6.07) is 14.5. The molecular formula is C20H20N4O2. The summed E-state index contributed by atoms with van der Waals surface area (Å²) in [7, 11) is 0. The highest BCUT2D eigenvalue weighted by molar-refractivity contribution is 5.98. The molecule has 6 heteroatoms. The first-order valence-electron chi connectivity index (χ1n) is 8.76. The lowest BCUT2D eigenvalue weighted by Crippen LogP contribution is -2.27. The molecule has 1 aliphatic rings. The Morgan fingerprint density at radius 3 is 2.73 bits per heavy atom. The summed E-state index contributed by atoms with van der Waals surface area (Å²) in [5, 5.41) is 5.81. The molecular weight excluding hydrogens is 328 g/mol. The van der Waals surface area contributed by atoms with Gasteiger partial charge in [0.25, 0.3) is 5.91 Å². The second-order valence-electron chi connectivity index (χ2n) is 6.68. The van der Waals surface area contributed by atoms with Gasteiger partial charge < -0.3 is 15.6 Å². The van der Waals surface area contributed by atoms with Gasteiger partial charge in [0.1, 0.15) is 5.82 Å². The molecule has 2 aromatic carbocycles. The van der Waals surface area contributed by atoms with E-state index in [-0.39, 0.29) is 23.8 Å². The van der Waals surface area contributed by atoms with Crippen LogP contribution >= 0.6 is 0 Å². The minimum absolute atomic E-state index is 0.0261. The molecule has 1 fully saturated rings. The molecule has 1 aromatic heterocycles. The van der Waals surface area contributed by atoms with Crippen LogP contribution in [0.3, 0.4) is 0 Å². The van der Waals surface area contributed by atoms with Crippen molar-refractivity contribution >= 4 is 28.5 Å². The summed E-state index contributed by atoms with van der Waals surface area (Å²) >= 11 is 0. The van der Waals surface area contributed by atoms with Crippen molar-refractivity contribution in [3.63, 3.8) is 0 Å². The highest BCUT2D eigenvalue weighted by Crippen LogP contribution is 2.30. The Bertz CT molecular complexity index is 942. The van der Waals surface area contributed by atoms with Gasteiger partial charge in [-0.25, -0.2) is 4.98 Å². The van der Waals surface area contributed by atoms with Gasteiger partial charge in [0.15, 0.2) is 0 Å². The van der Waals surface area contributed by atoms with Crippen molar-refractivity contribution in [2.75, 3.05) is 5.32 Å². The molecule has 1 atom stereocenters. The van der Waals surface area contributed by atoms with E-state index in [1.165, 1.54) is 0 Å². The van der Waals surface area contributed by atoms with Gasteiger partial charge in [0.2, 0.25) is 5.91 Å². The molecule has 4 rings (SSSR count). The number of aromatic nitrogens is 2. The first kappa shape index (κ1) is 16.3. The fraction of sp³-hybridized carbons (Fsp3) is 0.250. The molecule has 0 unspecified atom stereocenters. The van der Waals surface area contributed by atoms with E-state index in [4.69, 9.17) is 0 Å². The van der Waals surface area contributed by atoms with Crippen molar-refractivity contribution in [1.29, 1.82) is 0 Å². The van der Waals surface area contributed by atoms with Crippen molar-refractivity contribution in [2.45, 2.75) is 25.8 Å². The highest BCUT2D eigenvalue weighted by Gasteiger charge is 2.29. The average Bonchev–Trinajstić information content (AvgIpc) is 3.40. The summed E-state index contributed by atoms with van der Waals surface area (Å²) in [5.74, 6) is 0.650. The summed E-state index contributed by atoms with van der Waals surface area (Å²) in [6.45, 7) is 1.88. The number of H-pyrrole nitrogens is 1. The molecule has 0 radical (unpaired) electrons. The topological polar surface area (TPSA) is 86.9 Å². The normalized spacial score (nSPS) is 14.8. The van der Waals surface area contributed by atoms with Crippen molar-refractivity contribution in [3.05, 3.63) is 59.9 Å². The summed E-state index contributed by atoms with van der Waals surface area (Å²) in [4.78, 5) is 32.2. The Morgan fingerprint density at radius 2 is 1.96 bits per heavy atom. The van der Waals surface area contributed by atoms with Gasteiger partial charge in [0.05, 0.1) is 17.1 Å². The summed E-state index contributed by atoms with van der Waals surface area (Å²) in [5.41, 5.74) is 2.95. The minimum Gasteiger partial charge on any atom is -0.342 e. The van der Waals surface area contributed by atoms with E-state index >= 15 is 0 Å². The van der Waals surface area contributed by atoms with Crippen LogP contribution in [-0.2, 0) is 4.79 Å². The SMILES string of the molecule is C[C@H](NC(=O)c1cccc(NC(=O)C2CC2)c1)c1nc2ccccc2[nH]1. The molecule has 3 N–H and O–H groups in total. The first-order valence-corrected chi connectivity index (χ1v) is 8.76. The lowest BCUT2D eigenvalue weighted by molar-refractivity contribution is -0.117. The largest absolute Gasteiger partial charge is 0.342 e. The van der Waals surface area contributed by atoms with E-state index in [0.29, 0.717) is 17.1 Å². The smallest absolute Gasteiger partial charge is 0.251 e. The standard InChI is InChI=1S/C20H20N4O2/c1-12(18-23-16-7-2-3-8-17(16)24-18)21-20(26)14-5-4-6-15(11-14)22-19(25)13-9-10-13/h2-8,11-13H,9-10H2,1H3,(H,21,26)(H,22,25)(H,23,24)/t12-/m0/s1. The molecule has 1 aliphatic carbocycles. The molecule has 0 spiro atoms. The fourth-order valence-electron chi connectivity index (χ4n) is 2.85. The summed E-state index contributed by atoms with van der Waals surface area (Å²) < 4.78 is 0. The van der Waals surface area contributed by atoms with Crippen LogP contribution in [0.5, 0.6) is 0 Å². The third kappa shape index (κ3) is 3.44. The minimum atomic E-state index is -0.264. The van der Waals surface area contributed by atoms with Crippen LogP contribution in [0.2, 0.25) is 0 Å². The Balaban J connectivity index is 1.45. The molecule has 132 valence electrons. The Labute approximate surface area is 151 Å². The number of aromatic amines is 1. The van der Waals surface area contributed by atoms with Gasteiger partial charge >= 0.3 is 0 Å². The molecule has 6 nitrogen and oxygen atoms in total. The van der Waals surface area contributed by atoms with Crippen LogP contribution in [0.4, 0.5) is 5.69 Å². The Morgan fingerprint density at radius 1 is 1.15 bits per heavy atom. The van der Waals surface area contributed by atoms with Crippen LogP contribution in [0, 0.1) is 5.92 Å². The number of rotatable bonds is 5. The lowest BCUT2D eigenvalue weighted by Gasteiger charge is -2.12. The molecule has 2 amide bonds. The van der Waals surface area contributed by atoms with Crippen molar-refractivity contribution in [1.82, 2.24) is 15.3 Å². The molecule has 3 aromatic rings. The predicted molar refractivity (Wildman–Crippen MR) is 99.8 cm³/mol. The van der Waals surface area contributed by atoms with E-state index < -0.39 is 0 Å². The number of para-hydroxylation sites is 2. The van der Waals surface area contributed by atoms with Gasteiger partial charge in [-0.15, -0.1) is 0 Å². The number of imidazole rings is 1. The van der Waals surface area contributed by atoms with Crippen molar-refractivity contribution in [3.8, 4) is 0 Å². The van der Waals surface area contributed by atoms with Crippen LogP contribution in [0.1, 0.15) is 42.0 Å². The number of carbonyl (C=O) groups excluding carboxylic acids is 2. The van der Waals surface area contributed by atoms with Crippen molar-refractivity contribution in [2.24, 2.45) is 5.92 Å². The molecule has 0 saturated heterocycles. The maximum absolute atomic E-state index is 12.6. The molecule has 1 heterocycles. The molecule has 0 bridgehead atoms. The first-order chi connectivity index (χ1) is 12.6. The number of nitrogens with one attached hydrogen (secondary N) is 3. The van der Waals surface area contributed by atoms with Gasteiger partial charge in [-0.2, -0.15) is 0 Å². The zero-order valence-electron chi connectivity index (χ0n) is 14.5. The molecule has 1 saturated carbocycles. The number of hydrogen-bond donors (Lipinski definition) is 3. The lowest BCUT2D eigenvalue weighted by atomic mass is 10.1. The van der Waals surface area contributed by atoms with E-state index in [1.54, 1.807) is 24.3 Å². The quantitative estimate of drug-likeness (QED) is 0.660. The third-order valence-electron chi connectivity index (χ3n) is 4.51. The zero-order valence-corrected chi connectivity index (χ0v) is 14.5. The molecule has 26 heavy (non-hydrogen) atoms. The maximum Gasteiger partial charge on any atom is 0.251 e. The monoisotopic (exact) mass is 348 g/mol. The number of carbonyl (C=O) groups is 2. The van der Waals surface area contributed by atoms with Crippen LogP contribution in [0.15, 0.2) is 48.5 Å². The van der Waals surface area contributed by atoms with Crippen LogP contribution in [-0.4, -0.2) is 21.8 Å². The second-order valence-corrected chi connectivity index (χ2v) is 6.68. The third-order valence-corrected chi connectivity index (χ3v) is 4.51. The second kappa shape index (κ2) is 6.63. The average molecular weight is 348 g/mol. The van der Waals surface area contributed by atoms with E-state index in [1.807, 2.05) is 31.2 Å². The number of anilines is 1. The van der Waals surface area contributed by atoms with Crippen LogP contribution < -0.4 is 10.6 Å². The Hall–Kier alpha value is -3.15.